The van der Waals surface area contributed by atoms with Crippen LogP contribution >= 0.6 is 11.9 Å². The van der Waals surface area contributed by atoms with Gasteiger partial charge < -0.3 is 23.7 Å². The molecule has 34 heavy (non-hydrogen) atoms. The summed E-state index contributed by atoms with van der Waals surface area (Å²) in [5.41, 5.74) is 4.08. The van der Waals surface area contributed by atoms with E-state index in [1.807, 2.05) is 6.07 Å². The number of nitrogens with one attached hydrogen (secondary N) is 1. The number of anilines is 1. The molecule has 6 nitrogen and oxygen atoms in total. The standard InChI is InChI=1S/C25H28BFN2O4S/c1-28-25(30)23-20-11-19(16-3-4-16)21(29(34-2)13-15-9-10-26(31)32-14-15)12-22(20)33-24(23)17-5-7-18(27)8-6-17/h5-8,11-12,15-16,31H,3-4,9-10,13-14H2,1-2H3,(H,28,30). The second-order valence-electron chi connectivity index (χ2n) is 9.05. The van der Waals surface area contributed by atoms with Crippen molar-refractivity contribution in [1.82, 2.24) is 5.32 Å². The van der Waals surface area contributed by atoms with E-state index < -0.39 is 7.12 Å². The molecule has 178 valence electrons. The van der Waals surface area contributed by atoms with Crippen LogP contribution in [-0.4, -0.2) is 44.5 Å². The Hall–Kier alpha value is -2.49. The highest BCUT2D eigenvalue weighted by Gasteiger charge is 2.32. The van der Waals surface area contributed by atoms with Gasteiger partial charge in [-0.2, -0.15) is 0 Å². The molecule has 2 aromatic carbocycles. The highest BCUT2D eigenvalue weighted by Crippen LogP contribution is 2.48. The van der Waals surface area contributed by atoms with Gasteiger partial charge in [0, 0.05) is 43.5 Å². The Labute approximate surface area is 203 Å². The smallest absolute Gasteiger partial charge is 0.454 e. The van der Waals surface area contributed by atoms with Gasteiger partial charge in [-0.05, 0) is 73.3 Å². The Kier molecular flexibility index (Phi) is 6.60. The Morgan fingerprint density at radius 3 is 2.65 bits per heavy atom. The van der Waals surface area contributed by atoms with Crippen molar-refractivity contribution in [3.8, 4) is 11.3 Å². The minimum absolute atomic E-state index is 0.229. The van der Waals surface area contributed by atoms with E-state index in [1.54, 1.807) is 31.1 Å². The second kappa shape index (κ2) is 9.64. The highest BCUT2D eigenvalue weighted by atomic mass is 32.2. The van der Waals surface area contributed by atoms with Crippen LogP contribution in [0.2, 0.25) is 6.32 Å². The van der Waals surface area contributed by atoms with E-state index in [9.17, 15) is 14.2 Å². The number of hydrogen-bond donors (Lipinski definition) is 2. The normalized spacial score (nSPS) is 18.4. The summed E-state index contributed by atoms with van der Waals surface area (Å²) >= 11 is 1.66. The quantitative estimate of drug-likeness (QED) is 0.362. The molecule has 2 heterocycles. The van der Waals surface area contributed by atoms with E-state index >= 15 is 0 Å². The van der Waals surface area contributed by atoms with Crippen molar-refractivity contribution < 1.29 is 23.3 Å². The van der Waals surface area contributed by atoms with E-state index in [1.165, 1.54) is 17.7 Å². The Morgan fingerprint density at radius 2 is 2.03 bits per heavy atom. The van der Waals surface area contributed by atoms with Crippen molar-refractivity contribution in [3.63, 3.8) is 0 Å². The van der Waals surface area contributed by atoms with E-state index in [0.717, 1.165) is 36.9 Å². The van der Waals surface area contributed by atoms with Crippen LogP contribution in [0.25, 0.3) is 22.3 Å². The largest absolute Gasteiger partial charge is 0.455 e. The molecule has 1 aliphatic carbocycles. The monoisotopic (exact) mass is 482 g/mol. The summed E-state index contributed by atoms with van der Waals surface area (Å²) in [5, 5.41) is 13.2. The second-order valence-corrected chi connectivity index (χ2v) is 9.85. The van der Waals surface area contributed by atoms with Crippen LogP contribution < -0.4 is 9.62 Å². The molecule has 2 N–H and O–H groups in total. The average molecular weight is 482 g/mol. The van der Waals surface area contributed by atoms with Gasteiger partial charge in [-0.25, -0.2) is 4.39 Å². The molecule has 5 rings (SSSR count). The fourth-order valence-electron chi connectivity index (χ4n) is 4.68. The number of furan rings is 1. The zero-order chi connectivity index (χ0) is 23.8. The molecule has 1 saturated carbocycles. The Bertz CT molecular complexity index is 1190. The van der Waals surface area contributed by atoms with E-state index in [-0.39, 0.29) is 11.7 Å². The number of carbonyl (C=O) groups excluding carboxylic acids is 1. The Balaban J connectivity index is 1.59. The van der Waals surface area contributed by atoms with Gasteiger partial charge in [0.25, 0.3) is 5.91 Å². The lowest BCUT2D eigenvalue weighted by Crippen LogP contribution is -2.34. The first-order valence-electron chi connectivity index (χ1n) is 11.7. The SMILES string of the molecule is CNC(=O)c1c(-c2ccc(F)cc2)oc2cc(N(CC3CCB(O)OC3)SC)c(C3CC3)cc12. The number of fused-ring (bicyclic) bond motifs is 1. The predicted octanol–water partition coefficient (Wildman–Crippen LogP) is 5.08. The first-order valence-corrected chi connectivity index (χ1v) is 12.9. The third-order valence-electron chi connectivity index (χ3n) is 6.67. The number of carbonyl (C=O) groups is 1. The van der Waals surface area contributed by atoms with Crippen molar-refractivity contribution in [2.45, 2.75) is 31.5 Å². The molecule has 1 amide bonds. The first kappa shape index (κ1) is 23.3. The maximum Gasteiger partial charge on any atom is 0.454 e. The molecule has 1 saturated heterocycles. The van der Waals surface area contributed by atoms with Gasteiger partial charge in [0.05, 0.1) is 11.3 Å². The molecular weight excluding hydrogens is 454 g/mol. The van der Waals surface area contributed by atoms with Crippen molar-refractivity contribution in [2.75, 3.05) is 30.8 Å². The molecule has 0 radical (unpaired) electrons. The van der Waals surface area contributed by atoms with Crippen LogP contribution in [0.4, 0.5) is 10.1 Å². The zero-order valence-electron chi connectivity index (χ0n) is 19.3. The third kappa shape index (κ3) is 4.56. The van der Waals surface area contributed by atoms with Crippen LogP contribution in [0, 0.1) is 11.7 Å². The van der Waals surface area contributed by atoms with Crippen LogP contribution in [0.15, 0.2) is 40.8 Å². The lowest BCUT2D eigenvalue weighted by Gasteiger charge is -2.31. The number of halogens is 1. The number of nitrogens with zero attached hydrogens (tertiary/aromatic N) is 1. The number of hydrogen-bond acceptors (Lipinski definition) is 6. The van der Waals surface area contributed by atoms with E-state index in [2.05, 4.69) is 21.9 Å². The molecule has 1 atom stereocenters. The fourth-order valence-corrected chi connectivity index (χ4v) is 5.40. The summed E-state index contributed by atoms with van der Waals surface area (Å²) in [6.45, 7) is 1.34. The summed E-state index contributed by atoms with van der Waals surface area (Å²) in [6.07, 6.45) is 5.86. The molecule has 2 aliphatic rings. The summed E-state index contributed by atoms with van der Waals surface area (Å²) in [4.78, 5) is 12.9. The van der Waals surface area contributed by atoms with Gasteiger partial charge in [-0.15, -0.1) is 0 Å². The van der Waals surface area contributed by atoms with Crippen molar-refractivity contribution in [1.29, 1.82) is 0 Å². The van der Waals surface area contributed by atoms with Gasteiger partial charge in [0.15, 0.2) is 0 Å². The van der Waals surface area contributed by atoms with E-state index in [4.69, 9.17) is 9.07 Å². The molecular formula is C25H28BFN2O4S. The van der Waals surface area contributed by atoms with Crippen molar-refractivity contribution >= 4 is 41.6 Å². The van der Waals surface area contributed by atoms with Gasteiger partial charge in [0.2, 0.25) is 0 Å². The molecule has 2 fully saturated rings. The molecule has 0 spiro atoms. The van der Waals surface area contributed by atoms with Gasteiger partial charge >= 0.3 is 7.12 Å². The van der Waals surface area contributed by atoms with Gasteiger partial charge in [0.1, 0.15) is 17.2 Å². The van der Waals surface area contributed by atoms with Crippen molar-refractivity contribution in [3.05, 3.63) is 53.3 Å². The summed E-state index contributed by atoms with van der Waals surface area (Å²) in [6, 6.07) is 10.2. The molecule has 3 aromatic rings. The maximum absolute atomic E-state index is 13.5. The minimum atomic E-state index is -0.659. The van der Waals surface area contributed by atoms with Gasteiger partial charge in [-0.3, -0.25) is 4.79 Å². The first-order chi connectivity index (χ1) is 16.5. The number of amides is 1. The lowest BCUT2D eigenvalue weighted by atomic mass is 9.77. The van der Waals surface area contributed by atoms with Crippen LogP contribution in [0.3, 0.4) is 0 Å². The predicted molar refractivity (Wildman–Crippen MR) is 135 cm³/mol. The third-order valence-corrected chi connectivity index (χ3v) is 7.46. The summed E-state index contributed by atoms with van der Waals surface area (Å²) in [7, 11) is 0.943. The molecule has 1 unspecified atom stereocenters. The summed E-state index contributed by atoms with van der Waals surface area (Å²) < 4.78 is 27.6. The zero-order valence-corrected chi connectivity index (χ0v) is 20.2. The molecule has 1 aliphatic heterocycles. The maximum atomic E-state index is 13.5. The molecule has 0 bridgehead atoms. The fraction of sp³-hybridized carbons (Fsp3) is 0.400. The topological polar surface area (TPSA) is 74.9 Å². The van der Waals surface area contributed by atoms with Crippen LogP contribution in [0.1, 0.15) is 41.1 Å². The average Bonchev–Trinajstić information content (AvgIpc) is 3.63. The highest BCUT2D eigenvalue weighted by molar-refractivity contribution is 7.99. The number of benzene rings is 2. The molecule has 1 aromatic heterocycles. The summed E-state index contributed by atoms with van der Waals surface area (Å²) in [5.74, 6) is 0.659. The van der Waals surface area contributed by atoms with Gasteiger partial charge in [-0.1, -0.05) is 11.9 Å². The van der Waals surface area contributed by atoms with Crippen LogP contribution in [0.5, 0.6) is 0 Å². The number of rotatable bonds is 7. The molecule has 9 heteroatoms. The lowest BCUT2D eigenvalue weighted by molar-refractivity contribution is 0.0964. The van der Waals surface area contributed by atoms with E-state index in [0.29, 0.717) is 47.2 Å². The Morgan fingerprint density at radius 1 is 1.26 bits per heavy atom. The minimum Gasteiger partial charge on any atom is -0.455 e. The van der Waals surface area contributed by atoms with Crippen LogP contribution in [-0.2, 0) is 4.65 Å². The van der Waals surface area contributed by atoms with Crippen molar-refractivity contribution in [2.24, 2.45) is 5.92 Å².